The lowest BCUT2D eigenvalue weighted by Crippen LogP contribution is -2.54. The summed E-state index contributed by atoms with van der Waals surface area (Å²) in [6, 6.07) is 19.1. The first-order valence-electron chi connectivity index (χ1n) is 10.7. The maximum Gasteiger partial charge on any atom is 0.260 e. The second-order valence-electron chi connectivity index (χ2n) is 8.07. The van der Waals surface area contributed by atoms with Crippen LogP contribution in [0.3, 0.4) is 0 Å². The Kier molecular flexibility index (Phi) is 6.35. The molecule has 2 aromatic carbocycles. The molecular formula is C24H31N3O2. The second-order valence-corrected chi connectivity index (χ2v) is 8.07. The van der Waals surface area contributed by atoms with E-state index >= 15 is 0 Å². The predicted octanol–water partition coefficient (Wildman–Crippen LogP) is 3.19. The monoisotopic (exact) mass is 393 g/mol. The molecule has 0 N–H and O–H groups in total. The number of anilines is 1. The van der Waals surface area contributed by atoms with E-state index in [-0.39, 0.29) is 12.5 Å². The Morgan fingerprint density at radius 1 is 0.897 bits per heavy atom. The highest BCUT2D eigenvalue weighted by molar-refractivity contribution is 5.77. The molecule has 1 amide bonds. The van der Waals surface area contributed by atoms with Crippen molar-refractivity contribution in [2.24, 2.45) is 0 Å². The van der Waals surface area contributed by atoms with Crippen LogP contribution in [-0.2, 0) is 4.79 Å². The molecule has 0 atom stereocenters. The Hall–Kier alpha value is -2.53. The van der Waals surface area contributed by atoms with E-state index in [0.29, 0.717) is 6.04 Å². The van der Waals surface area contributed by atoms with Crippen molar-refractivity contribution >= 4 is 11.6 Å². The Labute approximate surface area is 173 Å². The first kappa shape index (κ1) is 19.8. The van der Waals surface area contributed by atoms with E-state index in [9.17, 15) is 4.79 Å². The third-order valence-corrected chi connectivity index (χ3v) is 6.15. The van der Waals surface area contributed by atoms with E-state index in [1.165, 1.54) is 11.3 Å². The van der Waals surface area contributed by atoms with Crippen molar-refractivity contribution in [1.82, 2.24) is 9.80 Å². The molecule has 2 heterocycles. The van der Waals surface area contributed by atoms with Crippen molar-refractivity contribution in [2.75, 3.05) is 50.8 Å². The number of para-hydroxylation sites is 1. The summed E-state index contributed by atoms with van der Waals surface area (Å²) >= 11 is 0. The van der Waals surface area contributed by atoms with E-state index < -0.39 is 0 Å². The zero-order chi connectivity index (χ0) is 20.1. The average molecular weight is 394 g/mol. The summed E-state index contributed by atoms with van der Waals surface area (Å²) in [6.07, 6.45) is 2.11. The van der Waals surface area contributed by atoms with Gasteiger partial charge in [0.05, 0.1) is 0 Å². The minimum Gasteiger partial charge on any atom is -0.484 e. The molecule has 5 nitrogen and oxygen atoms in total. The van der Waals surface area contributed by atoms with E-state index in [1.54, 1.807) is 0 Å². The summed E-state index contributed by atoms with van der Waals surface area (Å²) in [5.74, 6) is 0.855. The topological polar surface area (TPSA) is 36.0 Å². The molecule has 0 saturated carbocycles. The predicted molar refractivity (Wildman–Crippen MR) is 117 cm³/mol. The fraction of sp³-hybridized carbons (Fsp3) is 0.458. The second kappa shape index (κ2) is 9.31. The number of piperazine rings is 1. The molecule has 0 radical (unpaired) electrons. The number of hydrogen-bond donors (Lipinski definition) is 0. The highest BCUT2D eigenvalue weighted by Crippen LogP contribution is 2.21. The van der Waals surface area contributed by atoms with Gasteiger partial charge in [-0.25, -0.2) is 0 Å². The molecular weight excluding hydrogens is 362 g/mol. The molecule has 0 aliphatic carbocycles. The molecule has 4 rings (SSSR count). The number of nitrogens with zero attached hydrogens (tertiary/aromatic N) is 3. The van der Waals surface area contributed by atoms with Gasteiger partial charge in [-0.1, -0.05) is 35.9 Å². The van der Waals surface area contributed by atoms with Crippen LogP contribution < -0.4 is 9.64 Å². The molecule has 2 fully saturated rings. The fourth-order valence-electron chi connectivity index (χ4n) is 4.34. The summed E-state index contributed by atoms with van der Waals surface area (Å²) in [6.45, 7) is 8.19. The van der Waals surface area contributed by atoms with Gasteiger partial charge in [-0.15, -0.1) is 0 Å². The van der Waals surface area contributed by atoms with Gasteiger partial charge in [0, 0.05) is 51.0 Å². The van der Waals surface area contributed by atoms with Gasteiger partial charge >= 0.3 is 0 Å². The minimum absolute atomic E-state index is 0.0953. The molecule has 0 unspecified atom stereocenters. The third kappa shape index (κ3) is 5.10. The standard InChI is InChI=1S/C24H31N3O2/c1-20-7-9-23(10-8-20)29-19-24(28)27-13-11-22(12-14-27)26-17-15-25(16-18-26)21-5-3-2-4-6-21/h2-10,22H,11-19H2,1H3. The number of ether oxygens (including phenoxy) is 1. The quantitative estimate of drug-likeness (QED) is 0.782. The van der Waals surface area contributed by atoms with Crippen molar-refractivity contribution in [1.29, 1.82) is 0 Å². The summed E-state index contributed by atoms with van der Waals surface area (Å²) < 4.78 is 5.67. The number of aryl methyl sites for hydroxylation is 1. The van der Waals surface area contributed by atoms with E-state index in [0.717, 1.165) is 57.9 Å². The first-order valence-corrected chi connectivity index (χ1v) is 10.7. The lowest BCUT2D eigenvalue weighted by molar-refractivity contribution is -0.135. The van der Waals surface area contributed by atoms with Crippen LogP contribution in [0.2, 0.25) is 0 Å². The number of benzene rings is 2. The zero-order valence-electron chi connectivity index (χ0n) is 17.3. The van der Waals surface area contributed by atoms with Gasteiger partial charge in [0.2, 0.25) is 0 Å². The molecule has 2 aliphatic heterocycles. The van der Waals surface area contributed by atoms with Crippen molar-refractivity contribution < 1.29 is 9.53 Å². The van der Waals surface area contributed by atoms with Crippen LogP contribution in [0.15, 0.2) is 54.6 Å². The van der Waals surface area contributed by atoms with Gasteiger partial charge in [0.15, 0.2) is 6.61 Å². The van der Waals surface area contributed by atoms with Crippen LogP contribution >= 0.6 is 0 Å². The van der Waals surface area contributed by atoms with Gasteiger partial charge in [-0.2, -0.15) is 0 Å². The van der Waals surface area contributed by atoms with E-state index in [4.69, 9.17) is 4.74 Å². The Balaban J connectivity index is 1.19. The molecule has 2 aliphatic rings. The van der Waals surface area contributed by atoms with Crippen molar-refractivity contribution in [3.05, 3.63) is 60.2 Å². The van der Waals surface area contributed by atoms with Crippen molar-refractivity contribution in [2.45, 2.75) is 25.8 Å². The first-order chi connectivity index (χ1) is 14.2. The largest absolute Gasteiger partial charge is 0.484 e. The molecule has 2 aromatic rings. The maximum atomic E-state index is 12.5. The van der Waals surface area contributed by atoms with Crippen molar-refractivity contribution in [3.63, 3.8) is 0 Å². The summed E-state index contributed by atoms with van der Waals surface area (Å²) in [5.41, 5.74) is 2.51. The smallest absolute Gasteiger partial charge is 0.260 e. The fourth-order valence-corrected chi connectivity index (χ4v) is 4.34. The van der Waals surface area contributed by atoms with Crippen molar-refractivity contribution in [3.8, 4) is 5.75 Å². The molecule has 0 aromatic heterocycles. The number of carbonyl (C=O) groups excluding carboxylic acids is 1. The number of amides is 1. The Morgan fingerprint density at radius 3 is 2.21 bits per heavy atom. The normalized spacial score (nSPS) is 18.7. The summed E-state index contributed by atoms with van der Waals surface area (Å²) in [4.78, 5) is 19.5. The highest BCUT2D eigenvalue weighted by atomic mass is 16.5. The van der Waals surface area contributed by atoms with Crippen LogP contribution in [0, 0.1) is 6.92 Å². The Morgan fingerprint density at radius 2 is 1.55 bits per heavy atom. The van der Waals surface area contributed by atoms with Crippen LogP contribution in [0.25, 0.3) is 0 Å². The van der Waals surface area contributed by atoms with Gasteiger partial charge in [-0.05, 0) is 44.0 Å². The number of piperidine rings is 1. The van der Waals surface area contributed by atoms with E-state index in [2.05, 4.69) is 40.1 Å². The van der Waals surface area contributed by atoms with Gasteiger partial charge in [-0.3, -0.25) is 9.69 Å². The lowest BCUT2D eigenvalue weighted by Gasteiger charge is -2.43. The minimum atomic E-state index is 0.0953. The molecule has 5 heteroatoms. The number of carbonyl (C=O) groups is 1. The number of likely N-dealkylation sites (tertiary alicyclic amines) is 1. The Bertz CT molecular complexity index is 778. The van der Waals surface area contributed by atoms with Gasteiger partial charge < -0.3 is 14.5 Å². The van der Waals surface area contributed by atoms with Crippen LogP contribution in [-0.4, -0.2) is 67.6 Å². The number of hydrogen-bond acceptors (Lipinski definition) is 4. The zero-order valence-corrected chi connectivity index (χ0v) is 17.3. The maximum absolute atomic E-state index is 12.5. The average Bonchev–Trinajstić information content (AvgIpc) is 2.79. The number of rotatable bonds is 5. The highest BCUT2D eigenvalue weighted by Gasteiger charge is 2.29. The molecule has 29 heavy (non-hydrogen) atoms. The van der Waals surface area contributed by atoms with Gasteiger partial charge in [0.25, 0.3) is 5.91 Å². The third-order valence-electron chi connectivity index (χ3n) is 6.15. The lowest BCUT2D eigenvalue weighted by atomic mass is 10.0. The van der Waals surface area contributed by atoms with Crippen LogP contribution in [0.1, 0.15) is 18.4 Å². The molecule has 0 spiro atoms. The molecule has 2 saturated heterocycles. The summed E-state index contributed by atoms with van der Waals surface area (Å²) in [7, 11) is 0. The van der Waals surface area contributed by atoms with Crippen LogP contribution in [0.4, 0.5) is 5.69 Å². The molecule has 0 bridgehead atoms. The van der Waals surface area contributed by atoms with Gasteiger partial charge in [0.1, 0.15) is 5.75 Å². The van der Waals surface area contributed by atoms with E-state index in [1.807, 2.05) is 36.1 Å². The van der Waals surface area contributed by atoms with Crippen LogP contribution in [0.5, 0.6) is 5.75 Å². The SMILES string of the molecule is Cc1ccc(OCC(=O)N2CCC(N3CCN(c4ccccc4)CC3)CC2)cc1. The molecule has 154 valence electrons. The summed E-state index contributed by atoms with van der Waals surface area (Å²) in [5, 5.41) is 0.